The Morgan fingerprint density at radius 2 is 2.28 bits per heavy atom. The molecule has 0 bridgehead atoms. The van der Waals surface area contributed by atoms with Gasteiger partial charge in [0.1, 0.15) is 11.4 Å². The fourth-order valence-corrected chi connectivity index (χ4v) is 3.86. The Morgan fingerprint density at radius 1 is 1.41 bits per heavy atom. The zero-order chi connectivity index (χ0) is 20.4. The molecule has 148 valence electrons. The van der Waals surface area contributed by atoms with Gasteiger partial charge in [-0.15, -0.1) is 0 Å². The zero-order valence-electron chi connectivity index (χ0n) is 16.1. The van der Waals surface area contributed by atoms with Crippen LogP contribution in [0.25, 0.3) is 27.9 Å². The molecule has 7 nitrogen and oxygen atoms in total. The number of fused-ring (bicyclic) bond motifs is 1. The van der Waals surface area contributed by atoms with E-state index in [9.17, 15) is 9.59 Å². The zero-order valence-corrected chi connectivity index (χ0v) is 16.1. The lowest BCUT2D eigenvalue weighted by Crippen LogP contribution is -2.35. The van der Waals surface area contributed by atoms with Gasteiger partial charge in [0, 0.05) is 42.0 Å². The lowest BCUT2D eigenvalue weighted by molar-refractivity contribution is -0.117. The quantitative estimate of drug-likeness (QED) is 0.581. The molecule has 0 fully saturated rings. The number of furan rings is 1. The van der Waals surface area contributed by atoms with Gasteiger partial charge in [-0.3, -0.25) is 9.59 Å². The Balaban J connectivity index is 1.88. The van der Waals surface area contributed by atoms with Crippen LogP contribution >= 0.6 is 0 Å². The first-order valence-electron chi connectivity index (χ1n) is 9.50. The van der Waals surface area contributed by atoms with Crippen LogP contribution in [0.15, 0.2) is 53.9 Å². The normalized spacial score (nSPS) is 16.3. The third-order valence-electron chi connectivity index (χ3n) is 5.18. The summed E-state index contributed by atoms with van der Waals surface area (Å²) in [5.41, 5.74) is 3.84. The number of aromatic nitrogens is 2. The van der Waals surface area contributed by atoms with Gasteiger partial charge < -0.3 is 20.0 Å². The highest BCUT2D eigenvalue weighted by Crippen LogP contribution is 2.39. The number of hydrogen-bond acceptors (Lipinski definition) is 4. The van der Waals surface area contributed by atoms with Crippen molar-refractivity contribution >= 4 is 28.4 Å². The molecule has 3 aromatic rings. The van der Waals surface area contributed by atoms with Crippen LogP contribution in [-0.2, 0) is 4.79 Å². The van der Waals surface area contributed by atoms with E-state index in [1.54, 1.807) is 19.5 Å². The number of pyridine rings is 1. The number of amides is 2. The highest BCUT2D eigenvalue weighted by molar-refractivity contribution is 6.09. The molecule has 0 saturated heterocycles. The second-order valence-corrected chi connectivity index (χ2v) is 6.95. The van der Waals surface area contributed by atoms with E-state index >= 15 is 0 Å². The van der Waals surface area contributed by atoms with Crippen LogP contribution in [-0.4, -0.2) is 34.9 Å². The summed E-state index contributed by atoms with van der Waals surface area (Å²) in [5.74, 6) is 0.293. The molecule has 0 aromatic carbocycles. The second-order valence-electron chi connectivity index (χ2n) is 6.95. The van der Waals surface area contributed by atoms with Gasteiger partial charge in [-0.25, -0.2) is 4.98 Å². The number of allylic oxidation sites excluding steroid dienone is 1. The summed E-state index contributed by atoms with van der Waals surface area (Å²) < 4.78 is 5.61. The summed E-state index contributed by atoms with van der Waals surface area (Å²) in [7, 11) is 1.60. The molecule has 1 atom stereocenters. The summed E-state index contributed by atoms with van der Waals surface area (Å²) in [6.07, 6.45) is 10.7. The molecule has 3 aromatic heterocycles. The van der Waals surface area contributed by atoms with Crippen LogP contribution in [0.5, 0.6) is 0 Å². The van der Waals surface area contributed by atoms with E-state index in [-0.39, 0.29) is 17.9 Å². The van der Waals surface area contributed by atoms with Crippen molar-refractivity contribution in [2.24, 2.45) is 0 Å². The van der Waals surface area contributed by atoms with Gasteiger partial charge in [0.2, 0.25) is 5.91 Å². The molecule has 0 spiro atoms. The number of carbonyl (C=O) groups excluding carboxylic acids is 2. The molecular formula is C22H22N4O3. The number of aromatic amines is 1. The fraction of sp³-hybridized carbons (Fsp3) is 0.227. The SMILES string of the molecule is C=CC(=O)NC1CCC=C(c2c(C(=O)NC)cnc3[nH]cc(-c4ccco4)c23)C1. The van der Waals surface area contributed by atoms with E-state index in [2.05, 4.69) is 33.3 Å². The summed E-state index contributed by atoms with van der Waals surface area (Å²) >= 11 is 0. The Bertz CT molecular complexity index is 1110. The number of hydrogen-bond donors (Lipinski definition) is 3. The first kappa shape index (κ1) is 18.7. The lowest BCUT2D eigenvalue weighted by Gasteiger charge is -2.25. The van der Waals surface area contributed by atoms with Crippen LogP contribution in [0.1, 0.15) is 35.2 Å². The predicted molar refractivity (Wildman–Crippen MR) is 111 cm³/mol. The average Bonchev–Trinajstić information content (AvgIpc) is 3.42. The number of H-pyrrole nitrogens is 1. The number of rotatable bonds is 5. The van der Waals surface area contributed by atoms with Crippen molar-refractivity contribution in [3.8, 4) is 11.3 Å². The second kappa shape index (κ2) is 7.79. The average molecular weight is 390 g/mol. The highest BCUT2D eigenvalue weighted by atomic mass is 16.3. The first-order chi connectivity index (χ1) is 14.1. The van der Waals surface area contributed by atoms with E-state index in [1.165, 1.54) is 6.08 Å². The molecule has 0 aliphatic heterocycles. The fourth-order valence-electron chi connectivity index (χ4n) is 3.86. The number of nitrogens with zero attached hydrogens (tertiary/aromatic N) is 1. The van der Waals surface area contributed by atoms with Crippen LogP contribution in [0.2, 0.25) is 0 Å². The molecule has 3 heterocycles. The smallest absolute Gasteiger partial charge is 0.253 e. The van der Waals surface area contributed by atoms with Crippen LogP contribution in [0.3, 0.4) is 0 Å². The van der Waals surface area contributed by atoms with Gasteiger partial charge >= 0.3 is 0 Å². The number of carbonyl (C=O) groups is 2. The van der Waals surface area contributed by atoms with Crippen molar-refractivity contribution in [1.82, 2.24) is 20.6 Å². The maximum Gasteiger partial charge on any atom is 0.253 e. The minimum Gasteiger partial charge on any atom is -0.464 e. The van der Waals surface area contributed by atoms with Crippen molar-refractivity contribution in [3.63, 3.8) is 0 Å². The number of nitrogens with one attached hydrogen (secondary N) is 3. The van der Waals surface area contributed by atoms with E-state index in [0.717, 1.165) is 34.9 Å². The topological polar surface area (TPSA) is 100 Å². The molecule has 0 saturated carbocycles. The molecular weight excluding hydrogens is 368 g/mol. The van der Waals surface area contributed by atoms with Crippen molar-refractivity contribution < 1.29 is 14.0 Å². The Kier molecular flexibility index (Phi) is 5.03. The minimum atomic E-state index is -0.209. The Morgan fingerprint density at radius 3 is 3.00 bits per heavy atom. The summed E-state index contributed by atoms with van der Waals surface area (Å²) in [6.45, 7) is 3.52. The van der Waals surface area contributed by atoms with Crippen LogP contribution in [0.4, 0.5) is 0 Å². The maximum absolute atomic E-state index is 12.7. The summed E-state index contributed by atoms with van der Waals surface area (Å²) in [4.78, 5) is 32.1. The summed E-state index contributed by atoms with van der Waals surface area (Å²) in [6, 6.07) is 3.68. The minimum absolute atomic E-state index is 0.0211. The largest absolute Gasteiger partial charge is 0.464 e. The molecule has 1 aliphatic rings. The molecule has 3 N–H and O–H groups in total. The van der Waals surface area contributed by atoms with E-state index < -0.39 is 0 Å². The maximum atomic E-state index is 12.7. The van der Waals surface area contributed by atoms with Gasteiger partial charge in [0.15, 0.2) is 0 Å². The molecule has 29 heavy (non-hydrogen) atoms. The van der Waals surface area contributed by atoms with Gasteiger partial charge in [-0.1, -0.05) is 12.7 Å². The molecule has 1 aliphatic carbocycles. The molecule has 7 heteroatoms. The summed E-state index contributed by atoms with van der Waals surface area (Å²) in [5, 5.41) is 6.51. The monoisotopic (exact) mass is 390 g/mol. The van der Waals surface area contributed by atoms with Crippen molar-refractivity contribution in [2.75, 3.05) is 7.05 Å². The predicted octanol–water partition coefficient (Wildman–Crippen LogP) is 3.42. The highest BCUT2D eigenvalue weighted by Gasteiger charge is 2.26. The first-order valence-corrected chi connectivity index (χ1v) is 9.50. The van der Waals surface area contributed by atoms with E-state index in [1.807, 2.05) is 18.3 Å². The van der Waals surface area contributed by atoms with Gasteiger partial charge in [-0.2, -0.15) is 0 Å². The molecule has 0 radical (unpaired) electrons. The van der Waals surface area contributed by atoms with Crippen molar-refractivity contribution in [1.29, 1.82) is 0 Å². The Hall–Kier alpha value is -3.61. The van der Waals surface area contributed by atoms with Crippen LogP contribution in [0, 0.1) is 0 Å². The molecule has 1 unspecified atom stereocenters. The van der Waals surface area contributed by atoms with E-state index in [4.69, 9.17) is 4.42 Å². The lowest BCUT2D eigenvalue weighted by atomic mass is 9.86. The van der Waals surface area contributed by atoms with Gasteiger partial charge in [-0.05, 0) is 43.0 Å². The Labute approximate surface area is 167 Å². The van der Waals surface area contributed by atoms with Crippen LogP contribution < -0.4 is 10.6 Å². The molecule has 2 amide bonds. The van der Waals surface area contributed by atoms with Crippen molar-refractivity contribution in [2.45, 2.75) is 25.3 Å². The third kappa shape index (κ3) is 3.47. The van der Waals surface area contributed by atoms with Gasteiger partial charge in [0.05, 0.1) is 11.8 Å². The van der Waals surface area contributed by atoms with E-state index in [0.29, 0.717) is 23.4 Å². The van der Waals surface area contributed by atoms with Crippen molar-refractivity contribution in [3.05, 3.63) is 60.6 Å². The standard InChI is InChI=1S/C22H22N4O3/c1-3-18(27)26-14-7-4-6-13(10-14)19-16(22(28)23-2)12-25-21-20(19)15(11-24-21)17-8-5-9-29-17/h3,5-6,8-9,11-12,14H,1,4,7,10H2,2H3,(H,23,28)(H,24,25)(H,26,27). The van der Waals surface area contributed by atoms with Gasteiger partial charge in [0.25, 0.3) is 5.91 Å². The third-order valence-corrected chi connectivity index (χ3v) is 5.18. The molecule has 4 rings (SSSR count).